The van der Waals surface area contributed by atoms with Gasteiger partial charge in [-0.05, 0) is 36.3 Å². The fourth-order valence-corrected chi connectivity index (χ4v) is 1.23. The fraction of sp³-hybridized carbons (Fsp3) is 0.0714. The largest absolute Gasteiger partial charge is 0.497 e. The van der Waals surface area contributed by atoms with Gasteiger partial charge in [0.25, 0.3) is 0 Å². The molecule has 0 saturated heterocycles. The minimum Gasteiger partial charge on any atom is -0.497 e. The summed E-state index contributed by atoms with van der Waals surface area (Å²) in [4.78, 5) is 4.01. The Labute approximate surface area is 94.9 Å². The lowest BCUT2D eigenvalue weighted by Gasteiger charge is -1.98. The minimum atomic E-state index is 0.713. The van der Waals surface area contributed by atoms with Crippen molar-refractivity contribution in [1.29, 1.82) is 0 Å². The van der Waals surface area contributed by atoms with Gasteiger partial charge in [0.15, 0.2) is 0 Å². The molecule has 0 fully saturated rings. The molecule has 0 saturated carbocycles. The zero-order chi connectivity index (χ0) is 11.2. The minimum absolute atomic E-state index is 0.713. The van der Waals surface area contributed by atoms with Crippen molar-refractivity contribution < 1.29 is 4.74 Å². The molecule has 2 nitrogen and oxygen atoms in total. The zero-order valence-corrected chi connectivity index (χ0v) is 8.90. The maximum Gasteiger partial charge on any atom is 0.120 e. The van der Waals surface area contributed by atoms with Gasteiger partial charge in [-0.2, -0.15) is 0 Å². The van der Waals surface area contributed by atoms with Crippen molar-refractivity contribution in [3.8, 4) is 17.6 Å². The summed E-state index contributed by atoms with van der Waals surface area (Å²) in [5.74, 6) is 6.79. The van der Waals surface area contributed by atoms with E-state index in [1.807, 2.05) is 36.4 Å². The SMILES string of the molecule is COc1cccc(C#Cc2ccc[c]n2)c1. The van der Waals surface area contributed by atoms with Crippen LogP contribution in [-0.2, 0) is 0 Å². The predicted octanol–water partition coefficient (Wildman–Crippen LogP) is 2.29. The Morgan fingerprint density at radius 1 is 1.19 bits per heavy atom. The van der Waals surface area contributed by atoms with E-state index in [-0.39, 0.29) is 0 Å². The van der Waals surface area contributed by atoms with Crippen molar-refractivity contribution in [2.45, 2.75) is 0 Å². The Hall–Kier alpha value is -2.27. The monoisotopic (exact) mass is 208 g/mol. The third kappa shape index (κ3) is 2.61. The van der Waals surface area contributed by atoms with Crippen LogP contribution < -0.4 is 4.74 Å². The van der Waals surface area contributed by atoms with Crippen LogP contribution in [0.25, 0.3) is 0 Å². The topological polar surface area (TPSA) is 22.1 Å². The number of hydrogen-bond acceptors (Lipinski definition) is 2. The van der Waals surface area contributed by atoms with Crippen molar-refractivity contribution in [2.24, 2.45) is 0 Å². The first-order valence-corrected chi connectivity index (χ1v) is 4.87. The highest BCUT2D eigenvalue weighted by atomic mass is 16.5. The molecular weight excluding hydrogens is 198 g/mol. The third-order valence-electron chi connectivity index (χ3n) is 2.01. The van der Waals surface area contributed by atoms with E-state index in [4.69, 9.17) is 4.74 Å². The summed E-state index contributed by atoms with van der Waals surface area (Å²) >= 11 is 0. The molecule has 0 atom stereocenters. The highest BCUT2D eigenvalue weighted by molar-refractivity contribution is 5.43. The second-order valence-electron chi connectivity index (χ2n) is 3.13. The average Bonchev–Trinajstić information content (AvgIpc) is 2.38. The smallest absolute Gasteiger partial charge is 0.120 e. The van der Waals surface area contributed by atoms with Gasteiger partial charge < -0.3 is 4.74 Å². The number of benzene rings is 1. The molecule has 0 bridgehead atoms. The van der Waals surface area contributed by atoms with Crippen molar-refractivity contribution in [3.05, 3.63) is 59.9 Å². The molecule has 1 aromatic carbocycles. The van der Waals surface area contributed by atoms with Crippen LogP contribution in [0.2, 0.25) is 0 Å². The fourth-order valence-electron chi connectivity index (χ4n) is 1.23. The molecule has 0 aliphatic heterocycles. The van der Waals surface area contributed by atoms with E-state index >= 15 is 0 Å². The van der Waals surface area contributed by atoms with Gasteiger partial charge in [-0.1, -0.05) is 18.1 Å². The highest BCUT2D eigenvalue weighted by Crippen LogP contribution is 2.11. The summed E-state index contributed by atoms with van der Waals surface area (Å²) in [6, 6.07) is 13.1. The molecule has 2 rings (SSSR count). The molecule has 0 aliphatic rings. The van der Waals surface area contributed by atoms with Gasteiger partial charge >= 0.3 is 0 Å². The predicted molar refractivity (Wildman–Crippen MR) is 62.0 cm³/mol. The lowest BCUT2D eigenvalue weighted by atomic mass is 10.2. The second-order valence-corrected chi connectivity index (χ2v) is 3.13. The van der Waals surface area contributed by atoms with Gasteiger partial charge in [0.1, 0.15) is 11.4 Å². The van der Waals surface area contributed by atoms with Gasteiger partial charge in [-0.25, -0.2) is 4.98 Å². The Morgan fingerprint density at radius 2 is 2.12 bits per heavy atom. The normalized spacial score (nSPS) is 9.06. The van der Waals surface area contributed by atoms with Crippen LogP contribution in [-0.4, -0.2) is 12.1 Å². The first kappa shape index (κ1) is 10.3. The standard InChI is InChI=1S/C14H10NO/c1-16-14-7-4-5-12(11-14)8-9-13-6-2-3-10-15-13/h2-7,11H,1H3. The van der Waals surface area contributed by atoms with Crippen LogP contribution in [0, 0.1) is 18.0 Å². The number of nitrogens with zero attached hydrogens (tertiary/aromatic N) is 1. The van der Waals surface area contributed by atoms with E-state index in [1.54, 1.807) is 13.2 Å². The van der Waals surface area contributed by atoms with Crippen molar-refractivity contribution in [2.75, 3.05) is 7.11 Å². The first-order chi connectivity index (χ1) is 7.88. The lowest BCUT2D eigenvalue weighted by molar-refractivity contribution is 0.414. The summed E-state index contributed by atoms with van der Waals surface area (Å²) in [5, 5.41) is 0. The van der Waals surface area contributed by atoms with Gasteiger partial charge in [0.2, 0.25) is 0 Å². The number of pyridine rings is 1. The molecule has 0 amide bonds. The third-order valence-corrected chi connectivity index (χ3v) is 2.01. The van der Waals surface area contributed by atoms with Crippen LogP contribution in [0.1, 0.15) is 11.3 Å². The zero-order valence-electron chi connectivity index (χ0n) is 8.90. The number of hydrogen-bond donors (Lipinski definition) is 0. The maximum absolute atomic E-state index is 5.12. The summed E-state index contributed by atoms with van der Waals surface area (Å²) in [6.45, 7) is 0. The molecule has 2 aromatic rings. The summed E-state index contributed by atoms with van der Waals surface area (Å²) in [6.07, 6.45) is 2.74. The van der Waals surface area contributed by atoms with Crippen LogP contribution in [0.5, 0.6) is 5.75 Å². The second kappa shape index (κ2) is 4.99. The lowest BCUT2D eigenvalue weighted by Crippen LogP contribution is -1.83. The molecule has 16 heavy (non-hydrogen) atoms. The Morgan fingerprint density at radius 3 is 2.88 bits per heavy atom. The highest BCUT2D eigenvalue weighted by Gasteiger charge is 1.91. The summed E-state index contributed by atoms with van der Waals surface area (Å²) in [7, 11) is 1.64. The van der Waals surface area contributed by atoms with Crippen LogP contribution in [0.15, 0.2) is 42.5 Å². The molecule has 1 aromatic heterocycles. The number of aromatic nitrogens is 1. The number of methoxy groups -OCH3 is 1. The van der Waals surface area contributed by atoms with Gasteiger partial charge in [0.05, 0.1) is 13.3 Å². The van der Waals surface area contributed by atoms with Gasteiger partial charge in [0, 0.05) is 5.56 Å². The van der Waals surface area contributed by atoms with E-state index in [0.717, 1.165) is 11.3 Å². The molecule has 1 heterocycles. The van der Waals surface area contributed by atoms with Crippen molar-refractivity contribution in [3.63, 3.8) is 0 Å². The van der Waals surface area contributed by atoms with E-state index in [2.05, 4.69) is 23.0 Å². The van der Waals surface area contributed by atoms with Crippen LogP contribution in [0.4, 0.5) is 0 Å². The molecule has 0 aliphatic carbocycles. The van der Waals surface area contributed by atoms with E-state index < -0.39 is 0 Å². The molecule has 0 spiro atoms. The van der Waals surface area contributed by atoms with Crippen LogP contribution in [0.3, 0.4) is 0 Å². The van der Waals surface area contributed by atoms with E-state index in [9.17, 15) is 0 Å². The Bertz CT molecular complexity index is 523. The Balaban J connectivity index is 2.24. The first-order valence-electron chi connectivity index (χ1n) is 4.87. The number of ether oxygens (including phenoxy) is 1. The van der Waals surface area contributed by atoms with Crippen molar-refractivity contribution in [1.82, 2.24) is 4.98 Å². The van der Waals surface area contributed by atoms with Gasteiger partial charge in [-0.15, -0.1) is 0 Å². The molecule has 77 valence electrons. The summed E-state index contributed by atoms with van der Waals surface area (Å²) < 4.78 is 5.12. The molecule has 1 radical (unpaired) electrons. The molecule has 2 heteroatoms. The van der Waals surface area contributed by atoms with Crippen molar-refractivity contribution >= 4 is 0 Å². The quantitative estimate of drug-likeness (QED) is 0.671. The molecular formula is C14H10NO. The van der Waals surface area contributed by atoms with E-state index in [1.165, 1.54) is 0 Å². The van der Waals surface area contributed by atoms with Gasteiger partial charge in [-0.3, -0.25) is 0 Å². The average molecular weight is 208 g/mol. The van der Waals surface area contributed by atoms with E-state index in [0.29, 0.717) is 5.69 Å². The summed E-state index contributed by atoms with van der Waals surface area (Å²) in [5.41, 5.74) is 1.62. The van der Waals surface area contributed by atoms with Crippen LogP contribution >= 0.6 is 0 Å². The molecule has 0 unspecified atom stereocenters. The molecule has 0 N–H and O–H groups in total. The number of rotatable bonds is 1. The maximum atomic E-state index is 5.12. The Kier molecular flexibility index (Phi) is 3.20.